The van der Waals surface area contributed by atoms with Crippen LogP contribution < -0.4 is 26.8 Å². The number of nitrogens with one attached hydrogen (secondary N) is 2. The lowest BCUT2D eigenvalue weighted by Gasteiger charge is -2.25. The molecule has 2 aromatic rings. The molecule has 0 unspecified atom stereocenters. The Hall–Kier alpha value is -2.59. The highest BCUT2D eigenvalue weighted by molar-refractivity contribution is 5.70. The Bertz CT molecular complexity index is 864. The largest absolute Gasteiger partial charge is 0.404 e. The Morgan fingerprint density at radius 3 is 2.72 bits per heavy atom. The van der Waals surface area contributed by atoms with Crippen molar-refractivity contribution in [2.24, 2.45) is 5.73 Å². The van der Waals surface area contributed by atoms with Gasteiger partial charge in [0.05, 0.1) is 0 Å². The van der Waals surface area contributed by atoms with Crippen LogP contribution in [0, 0.1) is 6.92 Å². The van der Waals surface area contributed by atoms with Crippen LogP contribution in [0.15, 0.2) is 43.1 Å². The second-order valence-corrected chi connectivity index (χ2v) is 6.45. The minimum Gasteiger partial charge on any atom is -0.404 e. The molecule has 130 valence electrons. The van der Waals surface area contributed by atoms with Crippen LogP contribution in [0.1, 0.15) is 18.5 Å². The molecule has 1 saturated heterocycles. The van der Waals surface area contributed by atoms with Gasteiger partial charge in [0.2, 0.25) is 0 Å². The van der Waals surface area contributed by atoms with E-state index in [9.17, 15) is 0 Å². The van der Waals surface area contributed by atoms with Gasteiger partial charge in [0.25, 0.3) is 0 Å². The van der Waals surface area contributed by atoms with Gasteiger partial charge in [0.1, 0.15) is 0 Å². The van der Waals surface area contributed by atoms with Crippen LogP contribution in [-0.2, 0) is 0 Å². The Labute approximate surface area is 149 Å². The molecule has 3 rings (SSSR count). The number of aryl methyl sites for hydroxylation is 1. The summed E-state index contributed by atoms with van der Waals surface area (Å²) in [6.07, 6.45) is 9.57. The Balaban J connectivity index is 2.11. The van der Waals surface area contributed by atoms with Crippen LogP contribution in [0.2, 0.25) is 0 Å². The van der Waals surface area contributed by atoms with Crippen LogP contribution in [0.4, 0.5) is 5.69 Å². The van der Waals surface area contributed by atoms with E-state index in [1.807, 2.05) is 25.3 Å². The molecule has 1 aromatic heterocycles. The van der Waals surface area contributed by atoms with E-state index in [2.05, 4.69) is 40.4 Å². The molecule has 0 aliphatic carbocycles. The lowest BCUT2D eigenvalue weighted by atomic mass is 10.0. The molecule has 25 heavy (non-hydrogen) atoms. The summed E-state index contributed by atoms with van der Waals surface area (Å²) in [7, 11) is 0. The quantitative estimate of drug-likeness (QED) is 0.799. The van der Waals surface area contributed by atoms with Crippen molar-refractivity contribution in [3.05, 3.63) is 59.2 Å². The van der Waals surface area contributed by atoms with Crippen LogP contribution in [0.25, 0.3) is 23.4 Å². The highest BCUT2D eigenvalue weighted by atomic mass is 15.0. The van der Waals surface area contributed by atoms with Gasteiger partial charge in [0, 0.05) is 35.0 Å². The number of pyridine rings is 1. The van der Waals surface area contributed by atoms with Crippen LogP contribution >= 0.6 is 0 Å². The van der Waals surface area contributed by atoms with Gasteiger partial charge < -0.3 is 16.4 Å². The normalized spacial score (nSPS) is 16.8. The number of allylic oxidation sites excluding steroid dienone is 1. The second kappa shape index (κ2) is 7.99. The smallest absolute Gasteiger partial charge is 0.0442 e. The molecule has 1 aromatic carbocycles. The standard InChI is InChI=1S/C21H26N4/c1-3-4-17-12-18(16-5-10-24-15(2)11-16)13-21(20(17)14-22)25-19-6-8-23-9-7-19/h3-5,10-14,19,23,25H,1,6-9,22H2,2H3/b17-4-,20-14+. The van der Waals surface area contributed by atoms with Gasteiger partial charge in [-0.05, 0) is 73.5 Å². The topological polar surface area (TPSA) is 63.0 Å². The van der Waals surface area contributed by atoms with E-state index in [0.29, 0.717) is 6.04 Å². The first-order valence-electron chi connectivity index (χ1n) is 8.80. The van der Waals surface area contributed by atoms with Gasteiger partial charge in [-0.1, -0.05) is 18.7 Å². The third-order valence-corrected chi connectivity index (χ3v) is 4.60. The van der Waals surface area contributed by atoms with Crippen molar-refractivity contribution in [3.63, 3.8) is 0 Å². The molecule has 0 radical (unpaired) electrons. The number of piperidine rings is 1. The molecule has 1 aliphatic rings. The van der Waals surface area contributed by atoms with Crippen molar-refractivity contribution >= 4 is 18.0 Å². The zero-order valence-corrected chi connectivity index (χ0v) is 14.8. The fourth-order valence-corrected chi connectivity index (χ4v) is 3.32. The maximum Gasteiger partial charge on any atom is 0.0442 e. The van der Waals surface area contributed by atoms with Crippen molar-refractivity contribution < 1.29 is 0 Å². The van der Waals surface area contributed by atoms with E-state index in [1.54, 1.807) is 12.3 Å². The maximum atomic E-state index is 5.96. The second-order valence-electron chi connectivity index (χ2n) is 6.45. The minimum atomic E-state index is 0.464. The zero-order chi connectivity index (χ0) is 17.6. The molecule has 0 spiro atoms. The Morgan fingerprint density at radius 1 is 1.24 bits per heavy atom. The number of nitrogens with zero attached hydrogens (tertiary/aromatic N) is 1. The molecule has 0 bridgehead atoms. The fourth-order valence-electron chi connectivity index (χ4n) is 3.32. The maximum absolute atomic E-state index is 5.96. The lowest BCUT2D eigenvalue weighted by Crippen LogP contribution is -2.38. The van der Waals surface area contributed by atoms with Gasteiger partial charge in [-0.2, -0.15) is 0 Å². The predicted molar refractivity (Wildman–Crippen MR) is 106 cm³/mol. The van der Waals surface area contributed by atoms with E-state index in [0.717, 1.165) is 58.9 Å². The molecule has 0 atom stereocenters. The van der Waals surface area contributed by atoms with E-state index in [1.165, 1.54) is 0 Å². The molecule has 4 N–H and O–H groups in total. The van der Waals surface area contributed by atoms with Gasteiger partial charge in [0.15, 0.2) is 0 Å². The van der Waals surface area contributed by atoms with Crippen molar-refractivity contribution in [3.8, 4) is 11.1 Å². The summed E-state index contributed by atoms with van der Waals surface area (Å²) < 4.78 is 0. The monoisotopic (exact) mass is 334 g/mol. The molecular formula is C21H26N4. The van der Waals surface area contributed by atoms with E-state index in [4.69, 9.17) is 5.73 Å². The molecule has 4 heteroatoms. The highest BCUT2D eigenvalue weighted by Gasteiger charge is 2.14. The summed E-state index contributed by atoms with van der Waals surface area (Å²) in [4.78, 5) is 4.30. The molecule has 1 aliphatic heterocycles. The molecule has 1 fully saturated rings. The summed E-state index contributed by atoms with van der Waals surface area (Å²) in [5.41, 5.74) is 10.4. The summed E-state index contributed by atoms with van der Waals surface area (Å²) in [5.74, 6) is 0. The van der Waals surface area contributed by atoms with Crippen molar-refractivity contribution in [1.82, 2.24) is 10.3 Å². The average molecular weight is 334 g/mol. The highest BCUT2D eigenvalue weighted by Crippen LogP contribution is 2.21. The molecule has 0 amide bonds. The number of benzene rings is 1. The third kappa shape index (κ3) is 4.09. The Morgan fingerprint density at radius 2 is 2.04 bits per heavy atom. The van der Waals surface area contributed by atoms with E-state index < -0.39 is 0 Å². The van der Waals surface area contributed by atoms with Crippen molar-refractivity contribution in [2.45, 2.75) is 25.8 Å². The van der Waals surface area contributed by atoms with Crippen molar-refractivity contribution in [2.75, 3.05) is 18.4 Å². The van der Waals surface area contributed by atoms with Gasteiger partial charge in [-0.15, -0.1) is 0 Å². The van der Waals surface area contributed by atoms with Gasteiger partial charge in [-0.25, -0.2) is 0 Å². The van der Waals surface area contributed by atoms with E-state index >= 15 is 0 Å². The van der Waals surface area contributed by atoms with Gasteiger partial charge in [-0.3, -0.25) is 4.98 Å². The first kappa shape index (κ1) is 17.2. The summed E-state index contributed by atoms with van der Waals surface area (Å²) in [6.45, 7) is 7.95. The lowest BCUT2D eigenvalue weighted by molar-refractivity contribution is 0.479. The first-order valence-corrected chi connectivity index (χ1v) is 8.80. The number of hydrogen-bond donors (Lipinski definition) is 3. The predicted octanol–water partition coefficient (Wildman–Crippen LogP) is 1.88. The first-order chi connectivity index (χ1) is 12.2. The minimum absolute atomic E-state index is 0.464. The molecule has 4 nitrogen and oxygen atoms in total. The van der Waals surface area contributed by atoms with Crippen LogP contribution in [-0.4, -0.2) is 24.1 Å². The summed E-state index contributed by atoms with van der Waals surface area (Å²) in [6, 6.07) is 8.96. The molecule has 0 saturated carbocycles. The summed E-state index contributed by atoms with van der Waals surface area (Å²) in [5, 5.41) is 9.20. The van der Waals surface area contributed by atoms with E-state index in [-0.39, 0.29) is 0 Å². The van der Waals surface area contributed by atoms with Crippen LogP contribution in [0.3, 0.4) is 0 Å². The third-order valence-electron chi connectivity index (χ3n) is 4.60. The number of nitrogens with two attached hydrogens (primary N) is 1. The van der Waals surface area contributed by atoms with Crippen molar-refractivity contribution in [1.29, 1.82) is 0 Å². The molecular weight excluding hydrogens is 308 g/mol. The van der Waals surface area contributed by atoms with Crippen LogP contribution in [0.5, 0.6) is 0 Å². The Kier molecular flexibility index (Phi) is 5.51. The SMILES string of the molecule is C=C/C=c1/cc(-c2ccnc(C)c2)cc(NC2CCNCC2)/c1=C/N. The molecule has 2 heterocycles. The number of anilines is 1. The zero-order valence-electron chi connectivity index (χ0n) is 14.8. The number of rotatable bonds is 4. The summed E-state index contributed by atoms with van der Waals surface area (Å²) >= 11 is 0. The fraction of sp³-hybridized carbons (Fsp3) is 0.286. The average Bonchev–Trinajstić information content (AvgIpc) is 2.63. The number of hydrogen-bond acceptors (Lipinski definition) is 4. The number of aromatic nitrogens is 1. The van der Waals surface area contributed by atoms with Gasteiger partial charge >= 0.3 is 0 Å².